The van der Waals surface area contributed by atoms with Crippen LogP contribution in [-0.4, -0.2) is 15.6 Å². The predicted octanol–water partition coefficient (Wildman–Crippen LogP) is 10.5. The third-order valence-electron chi connectivity index (χ3n) is 9.67. The Morgan fingerprint density at radius 3 is 2.13 bits per heavy atom. The van der Waals surface area contributed by atoms with E-state index in [4.69, 9.17) is 39.9 Å². The molecule has 3 nitrogen and oxygen atoms in total. The normalized spacial score (nSPS) is 25.4. The monoisotopic (exact) mass is 582 g/mol. The van der Waals surface area contributed by atoms with Gasteiger partial charge in [-0.3, -0.25) is 4.79 Å². The number of Topliss-reactive ketones (excluding diaryl/α,β-unsaturated/α-hetero) is 1. The molecule has 0 atom stereocenters. The van der Waals surface area contributed by atoms with Crippen LogP contribution in [0.15, 0.2) is 42.5 Å². The fourth-order valence-electron chi connectivity index (χ4n) is 8.39. The maximum atomic E-state index is 13.4. The molecule has 0 aliphatic heterocycles. The maximum absolute atomic E-state index is 13.4. The fraction of sp³-hybridized carbons (Fsp3) is 0.515. The Morgan fingerprint density at radius 1 is 0.872 bits per heavy atom. The van der Waals surface area contributed by atoms with E-state index in [0.717, 1.165) is 47.4 Å². The van der Waals surface area contributed by atoms with Gasteiger partial charge in [0.05, 0.1) is 16.4 Å². The Bertz CT molecular complexity index is 1320. The van der Waals surface area contributed by atoms with Gasteiger partial charge in [0.1, 0.15) is 5.69 Å². The van der Waals surface area contributed by atoms with Gasteiger partial charge in [-0.25, -0.2) is 4.68 Å². The molecule has 1 aromatic heterocycles. The summed E-state index contributed by atoms with van der Waals surface area (Å²) in [4.78, 5) is 13.4. The Labute approximate surface area is 247 Å². The minimum atomic E-state index is 0.0904. The highest BCUT2D eigenvalue weighted by atomic mass is 35.5. The molecule has 4 aliphatic rings. The lowest BCUT2D eigenvalue weighted by Gasteiger charge is -2.57. The zero-order chi connectivity index (χ0) is 27.1. The van der Waals surface area contributed by atoms with Gasteiger partial charge < -0.3 is 0 Å². The summed E-state index contributed by atoms with van der Waals surface area (Å²) in [7, 11) is 0. The first-order valence-corrected chi connectivity index (χ1v) is 15.8. The van der Waals surface area contributed by atoms with Gasteiger partial charge in [-0.05, 0) is 112 Å². The average Bonchev–Trinajstić information content (AvgIpc) is 3.22. The van der Waals surface area contributed by atoms with E-state index in [9.17, 15) is 4.79 Å². The van der Waals surface area contributed by atoms with Crippen LogP contribution in [0.5, 0.6) is 0 Å². The number of rotatable bonds is 10. The Balaban J connectivity index is 1.11. The molecule has 6 heteroatoms. The quantitative estimate of drug-likeness (QED) is 0.176. The lowest BCUT2D eigenvalue weighted by Crippen LogP contribution is -2.45. The number of carbonyl (C=O) groups is 1. The SMILES string of the molecule is Cc1c(C(=O)CCCCCCC23CC4CC(CC(C4)C2)C3)nn(-c2ccc(Cl)cc2Cl)c1-c1ccc(Cl)cc1. The van der Waals surface area contributed by atoms with Crippen molar-refractivity contribution in [3.8, 4) is 16.9 Å². The van der Waals surface area contributed by atoms with Crippen molar-refractivity contribution in [1.29, 1.82) is 0 Å². The first kappa shape index (κ1) is 27.4. The number of unbranched alkanes of at least 4 members (excludes halogenated alkanes) is 3. The topological polar surface area (TPSA) is 34.9 Å². The Morgan fingerprint density at radius 2 is 1.49 bits per heavy atom. The van der Waals surface area contributed by atoms with E-state index in [-0.39, 0.29) is 5.78 Å². The van der Waals surface area contributed by atoms with E-state index in [2.05, 4.69) is 0 Å². The van der Waals surface area contributed by atoms with Crippen LogP contribution in [0, 0.1) is 30.1 Å². The van der Waals surface area contributed by atoms with Crippen molar-refractivity contribution in [2.24, 2.45) is 23.2 Å². The molecule has 4 aliphatic carbocycles. The first-order valence-electron chi connectivity index (χ1n) is 14.6. The standard InChI is InChI=1S/C33H37Cl3N2O/c1-21-31(30(39)6-4-2-3-5-13-33-18-22-14-23(19-33)16-24(15-22)20-33)37-38(29-12-11-27(35)17-28(29)36)32(21)25-7-9-26(34)10-8-25/h7-12,17,22-24H,2-6,13-16,18-20H2,1H3. The van der Waals surface area contributed by atoms with Crippen LogP contribution in [0.4, 0.5) is 0 Å². The highest BCUT2D eigenvalue weighted by Gasteiger charge is 2.50. The number of halogens is 3. The van der Waals surface area contributed by atoms with Crippen LogP contribution in [0.1, 0.15) is 93.1 Å². The summed E-state index contributed by atoms with van der Waals surface area (Å²) in [5, 5.41) is 6.50. The lowest BCUT2D eigenvalue weighted by atomic mass is 9.48. The van der Waals surface area contributed by atoms with Gasteiger partial charge in [0.15, 0.2) is 5.78 Å². The van der Waals surface area contributed by atoms with Crippen molar-refractivity contribution >= 4 is 40.6 Å². The molecule has 2 aromatic carbocycles. The molecule has 0 spiro atoms. The minimum Gasteiger partial charge on any atom is -0.292 e. The molecule has 0 unspecified atom stereocenters. The maximum Gasteiger partial charge on any atom is 0.183 e. The summed E-state index contributed by atoms with van der Waals surface area (Å²) in [5.41, 5.74) is 4.50. The molecule has 1 heterocycles. The average molecular weight is 584 g/mol. The summed E-state index contributed by atoms with van der Waals surface area (Å²) in [6, 6.07) is 12.9. The summed E-state index contributed by atoms with van der Waals surface area (Å²) in [5.74, 6) is 3.17. The number of nitrogens with zero attached hydrogens (tertiary/aromatic N) is 2. The molecule has 39 heavy (non-hydrogen) atoms. The second-order valence-corrected chi connectivity index (χ2v) is 13.9. The van der Waals surface area contributed by atoms with Crippen molar-refractivity contribution < 1.29 is 4.79 Å². The molecular formula is C33H37Cl3N2O. The zero-order valence-electron chi connectivity index (χ0n) is 22.7. The van der Waals surface area contributed by atoms with Crippen LogP contribution in [0.25, 0.3) is 16.9 Å². The molecule has 206 valence electrons. The van der Waals surface area contributed by atoms with Gasteiger partial charge in [0.2, 0.25) is 0 Å². The number of hydrogen-bond donors (Lipinski definition) is 0. The molecule has 0 radical (unpaired) electrons. The number of hydrogen-bond acceptors (Lipinski definition) is 2. The number of carbonyl (C=O) groups excluding carboxylic acids is 1. The van der Waals surface area contributed by atoms with Gasteiger partial charge in [0, 0.05) is 27.6 Å². The van der Waals surface area contributed by atoms with Crippen LogP contribution < -0.4 is 0 Å². The van der Waals surface area contributed by atoms with Crippen LogP contribution in [0.3, 0.4) is 0 Å². The third-order valence-corrected chi connectivity index (χ3v) is 10.5. The fourth-order valence-corrected chi connectivity index (χ4v) is 9.00. The highest BCUT2D eigenvalue weighted by molar-refractivity contribution is 6.35. The first-order chi connectivity index (χ1) is 18.8. The van der Waals surface area contributed by atoms with Gasteiger partial charge >= 0.3 is 0 Å². The summed E-state index contributed by atoms with van der Waals surface area (Å²) in [6.07, 6.45) is 15.5. The molecule has 4 saturated carbocycles. The van der Waals surface area contributed by atoms with E-state index >= 15 is 0 Å². The molecule has 3 aromatic rings. The lowest BCUT2D eigenvalue weighted by molar-refractivity contribution is -0.0583. The molecule has 0 saturated heterocycles. The van der Waals surface area contributed by atoms with Crippen molar-refractivity contribution in [2.45, 2.75) is 84.0 Å². The van der Waals surface area contributed by atoms with Gasteiger partial charge in [-0.1, -0.05) is 66.2 Å². The number of ketones is 1. The second kappa shape index (κ2) is 11.2. The van der Waals surface area contributed by atoms with Crippen LogP contribution in [0.2, 0.25) is 15.1 Å². The van der Waals surface area contributed by atoms with E-state index in [1.54, 1.807) is 16.8 Å². The Hall–Kier alpha value is -1.81. The van der Waals surface area contributed by atoms with Gasteiger partial charge in [-0.15, -0.1) is 0 Å². The highest BCUT2D eigenvalue weighted by Crippen LogP contribution is 2.61. The number of benzene rings is 2. The van der Waals surface area contributed by atoms with Crippen molar-refractivity contribution in [1.82, 2.24) is 9.78 Å². The Kier molecular flexibility index (Phi) is 7.87. The van der Waals surface area contributed by atoms with Crippen molar-refractivity contribution in [3.63, 3.8) is 0 Å². The van der Waals surface area contributed by atoms with E-state index in [1.165, 1.54) is 57.8 Å². The van der Waals surface area contributed by atoms with Gasteiger partial charge in [0.25, 0.3) is 0 Å². The molecule has 4 fully saturated rings. The van der Waals surface area contributed by atoms with E-state index in [0.29, 0.717) is 38.3 Å². The van der Waals surface area contributed by atoms with E-state index in [1.807, 2.05) is 37.3 Å². The largest absolute Gasteiger partial charge is 0.292 e. The van der Waals surface area contributed by atoms with Gasteiger partial charge in [-0.2, -0.15) is 5.10 Å². The molecule has 0 N–H and O–H groups in total. The zero-order valence-corrected chi connectivity index (χ0v) is 25.0. The van der Waals surface area contributed by atoms with E-state index < -0.39 is 0 Å². The van der Waals surface area contributed by atoms with Crippen LogP contribution >= 0.6 is 34.8 Å². The number of aromatic nitrogens is 2. The third kappa shape index (κ3) is 5.69. The van der Waals surface area contributed by atoms with Crippen LogP contribution in [-0.2, 0) is 0 Å². The molecule has 0 amide bonds. The summed E-state index contributed by atoms with van der Waals surface area (Å²) >= 11 is 18.9. The minimum absolute atomic E-state index is 0.0904. The van der Waals surface area contributed by atoms with Crippen molar-refractivity contribution in [3.05, 3.63) is 68.8 Å². The molecule has 7 rings (SSSR count). The second-order valence-electron chi connectivity index (χ2n) is 12.6. The summed E-state index contributed by atoms with van der Waals surface area (Å²) in [6.45, 7) is 1.97. The smallest absolute Gasteiger partial charge is 0.183 e. The molecule has 4 bridgehead atoms. The van der Waals surface area contributed by atoms with Crippen molar-refractivity contribution in [2.75, 3.05) is 0 Å². The summed E-state index contributed by atoms with van der Waals surface area (Å²) < 4.78 is 1.77. The predicted molar refractivity (Wildman–Crippen MR) is 161 cm³/mol. The molecular weight excluding hydrogens is 547 g/mol.